The monoisotopic (exact) mass is 391 g/mol. The molecular weight excluding hydrogens is 370 g/mol. The van der Waals surface area contributed by atoms with E-state index in [1.54, 1.807) is 24.8 Å². The highest BCUT2D eigenvalue weighted by Gasteiger charge is 2.49. The predicted octanol–water partition coefficient (Wildman–Crippen LogP) is 1.75. The van der Waals surface area contributed by atoms with Gasteiger partial charge in [0, 0.05) is 12.2 Å². The number of ether oxygens (including phenoxy) is 1. The number of likely N-dealkylation sites (tertiary alicyclic amines) is 1. The van der Waals surface area contributed by atoms with E-state index in [9.17, 15) is 4.79 Å². The van der Waals surface area contributed by atoms with Gasteiger partial charge in [0.2, 0.25) is 5.88 Å². The highest BCUT2D eigenvalue weighted by Crippen LogP contribution is 2.40. The minimum Gasteiger partial charge on any atom is -0.471 e. The van der Waals surface area contributed by atoms with Crippen molar-refractivity contribution in [3.63, 3.8) is 0 Å². The summed E-state index contributed by atoms with van der Waals surface area (Å²) in [7, 11) is 0. The zero-order chi connectivity index (χ0) is 20.0. The molecule has 1 saturated heterocycles. The number of fused-ring (bicyclic) bond motifs is 2. The van der Waals surface area contributed by atoms with Gasteiger partial charge in [-0.25, -0.2) is 9.97 Å². The number of nitrogens with zero attached hydrogens (tertiary/aromatic N) is 7. The van der Waals surface area contributed by atoms with Crippen LogP contribution in [0.4, 0.5) is 0 Å². The van der Waals surface area contributed by atoms with E-state index in [1.807, 2.05) is 30.9 Å². The second-order valence-corrected chi connectivity index (χ2v) is 7.65. The summed E-state index contributed by atoms with van der Waals surface area (Å²) in [5.74, 6) is 0.802. The lowest BCUT2D eigenvalue weighted by Gasteiger charge is -2.33. The molecule has 0 N–H and O–H groups in total. The van der Waals surface area contributed by atoms with Crippen LogP contribution >= 0.6 is 0 Å². The Labute approximate surface area is 167 Å². The molecule has 3 aromatic rings. The summed E-state index contributed by atoms with van der Waals surface area (Å²) in [6.45, 7) is 4.47. The minimum absolute atomic E-state index is 0.00338. The Hall–Kier alpha value is -3.36. The Bertz CT molecular complexity index is 1040. The third kappa shape index (κ3) is 3.22. The molecule has 0 aromatic carbocycles. The summed E-state index contributed by atoms with van der Waals surface area (Å²) in [4.78, 5) is 29.8. The van der Waals surface area contributed by atoms with Crippen LogP contribution in [0.15, 0.2) is 36.9 Å². The molecule has 148 valence electrons. The molecule has 9 heteroatoms. The number of hydrogen-bond donors (Lipinski definition) is 0. The lowest BCUT2D eigenvalue weighted by molar-refractivity contribution is 0.0460. The third-order valence-electron chi connectivity index (χ3n) is 5.57. The van der Waals surface area contributed by atoms with E-state index in [-0.39, 0.29) is 18.1 Å². The van der Waals surface area contributed by atoms with Crippen LogP contribution in [0.25, 0.3) is 5.69 Å². The van der Waals surface area contributed by atoms with Crippen LogP contribution in [0.5, 0.6) is 5.88 Å². The first-order valence-electron chi connectivity index (χ1n) is 9.69. The van der Waals surface area contributed by atoms with Crippen molar-refractivity contribution in [3.8, 4) is 11.6 Å². The van der Waals surface area contributed by atoms with Gasteiger partial charge in [0.1, 0.15) is 11.8 Å². The molecule has 0 radical (unpaired) electrons. The summed E-state index contributed by atoms with van der Waals surface area (Å²) < 4.78 is 6.09. The van der Waals surface area contributed by atoms with Crippen molar-refractivity contribution >= 4 is 5.91 Å². The molecule has 4 heterocycles. The second kappa shape index (κ2) is 6.91. The third-order valence-corrected chi connectivity index (χ3v) is 5.57. The van der Waals surface area contributed by atoms with E-state index in [2.05, 4.69) is 25.1 Å². The highest BCUT2D eigenvalue weighted by atomic mass is 16.5. The van der Waals surface area contributed by atoms with Crippen LogP contribution in [0.1, 0.15) is 34.7 Å². The molecule has 1 amide bonds. The molecule has 0 spiro atoms. The van der Waals surface area contributed by atoms with Crippen LogP contribution in [0, 0.1) is 19.8 Å². The zero-order valence-electron chi connectivity index (χ0n) is 16.3. The Morgan fingerprint density at radius 1 is 1.07 bits per heavy atom. The predicted molar refractivity (Wildman–Crippen MR) is 103 cm³/mol. The molecule has 3 aromatic heterocycles. The topological polar surface area (TPSA) is 98.9 Å². The van der Waals surface area contributed by atoms with Crippen LogP contribution in [-0.2, 0) is 0 Å². The van der Waals surface area contributed by atoms with Crippen molar-refractivity contribution in [1.82, 2.24) is 34.8 Å². The van der Waals surface area contributed by atoms with Crippen molar-refractivity contribution in [2.24, 2.45) is 5.92 Å². The molecule has 3 atom stereocenters. The van der Waals surface area contributed by atoms with Gasteiger partial charge in [-0.05, 0) is 44.7 Å². The normalized spacial score (nSPS) is 22.8. The SMILES string of the molecule is Cc1cnc(OC2CC3CC2N(C(=O)c2nc(C)ccc2-n2nccn2)C3)cn1. The fourth-order valence-corrected chi connectivity index (χ4v) is 4.27. The number of aryl methyl sites for hydroxylation is 2. The van der Waals surface area contributed by atoms with E-state index >= 15 is 0 Å². The first-order valence-corrected chi connectivity index (χ1v) is 9.69. The fourth-order valence-electron chi connectivity index (χ4n) is 4.27. The van der Waals surface area contributed by atoms with Gasteiger partial charge in [-0.15, -0.1) is 4.80 Å². The lowest BCUT2D eigenvalue weighted by atomic mass is 10.1. The molecule has 1 saturated carbocycles. The number of carbonyl (C=O) groups is 1. The van der Waals surface area contributed by atoms with Crippen molar-refractivity contribution < 1.29 is 9.53 Å². The summed E-state index contributed by atoms with van der Waals surface area (Å²) in [6, 6.07) is 3.68. The van der Waals surface area contributed by atoms with E-state index in [0.29, 0.717) is 29.7 Å². The van der Waals surface area contributed by atoms with Gasteiger partial charge in [-0.3, -0.25) is 9.78 Å². The average Bonchev–Trinajstić information content (AvgIpc) is 3.46. The van der Waals surface area contributed by atoms with Gasteiger partial charge in [0.25, 0.3) is 5.91 Å². The number of carbonyl (C=O) groups excluding carboxylic acids is 1. The molecule has 1 aliphatic carbocycles. The van der Waals surface area contributed by atoms with Crippen LogP contribution in [-0.4, -0.2) is 59.4 Å². The van der Waals surface area contributed by atoms with Gasteiger partial charge in [0.05, 0.1) is 36.5 Å². The van der Waals surface area contributed by atoms with Crippen molar-refractivity contribution in [2.45, 2.75) is 38.8 Å². The van der Waals surface area contributed by atoms with Gasteiger partial charge in [-0.2, -0.15) is 10.2 Å². The molecule has 9 nitrogen and oxygen atoms in total. The lowest BCUT2D eigenvalue weighted by Crippen LogP contribution is -2.47. The van der Waals surface area contributed by atoms with Gasteiger partial charge < -0.3 is 9.64 Å². The Kier molecular flexibility index (Phi) is 4.22. The number of amides is 1. The van der Waals surface area contributed by atoms with Crippen molar-refractivity contribution in [3.05, 3.63) is 54.0 Å². The number of pyridine rings is 1. The summed E-state index contributed by atoms with van der Waals surface area (Å²) in [5, 5.41) is 8.33. The fraction of sp³-hybridized carbons (Fsp3) is 0.400. The largest absolute Gasteiger partial charge is 0.471 e. The average molecular weight is 391 g/mol. The highest BCUT2D eigenvalue weighted by molar-refractivity contribution is 5.96. The molecule has 5 rings (SSSR count). The maximum atomic E-state index is 13.5. The number of rotatable bonds is 4. The summed E-state index contributed by atoms with van der Waals surface area (Å²) in [6.07, 6.45) is 8.24. The van der Waals surface area contributed by atoms with Gasteiger partial charge >= 0.3 is 0 Å². The maximum absolute atomic E-state index is 13.5. The Morgan fingerprint density at radius 3 is 2.62 bits per heavy atom. The first-order chi connectivity index (χ1) is 14.1. The maximum Gasteiger partial charge on any atom is 0.275 e. The Balaban J connectivity index is 1.41. The number of hydrogen-bond acceptors (Lipinski definition) is 7. The van der Waals surface area contributed by atoms with E-state index in [1.165, 1.54) is 4.80 Å². The van der Waals surface area contributed by atoms with Crippen molar-refractivity contribution in [2.75, 3.05) is 6.54 Å². The molecule has 1 aliphatic heterocycles. The Morgan fingerprint density at radius 2 is 1.90 bits per heavy atom. The second-order valence-electron chi connectivity index (χ2n) is 7.65. The molecule has 2 aliphatic rings. The molecule has 3 unspecified atom stereocenters. The zero-order valence-corrected chi connectivity index (χ0v) is 16.3. The number of piperidine rings is 1. The molecule has 2 fully saturated rings. The minimum atomic E-state index is -0.114. The van der Waals surface area contributed by atoms with Crippen molar-refractivity contribution in [1.29, 1.82) is 0 Å². The van der Waals surface area contributed by atoms with E-state index in [4.69, 9.17) is 4.74 Å². The summed E-state index contributed by atoms with van der Waals surface area (Å²) in [5.41, 5.74) is 2.56. The van der Waals surface area contributed by atoms with Gasteiger partial charge in [-0.1, -0.05) is 0 Å². The number of aromatic nitrogens is 6. The van der Waals surface area contributed by atoms with Crippen LogP contribution < -0.4 is 4.74 Å². The van der Waals surface area contributed by atoms with E-state index < -0.39 is 0 Å². The standard InChI is InChI=1S/C20H21N7O2/c1-12-3-4-15(27-23-5-6-24-27)19(25-12)20(28)26-11-14-7-16(26)17(8-14)29-18-10-21-13(2)9-22-18/h3-6,9-10,14,16-17H,7-8,11H2,1-2H3. The molecule has 2 bridgehead atoms. The van der Waals surface area contributed by atoms with Crippen LogP contribution in [0.3, 0.4) is 0 Å². The molecular formula is C20H21N7O2. The molecule has 29 heavy (non-hydrogen) atoms. The van der Waals surface area contributed by atoms with Gasteiger partial charge in [0.15, 0.2) is 5.69 Å². The summed E-state index contributed by atoms with van der Waals surface area (Å²) >= 11 is 0. The quantitative estimate of drug-likeness (QED) is 0.668. The smallest absolute Gasteiger partial charge is 0.275 e. The van der Waals surface area contributed by atoms with Crippen LogP contribution in [0.2, 0.25) is 0 Å². The van der Waals surface area contributed by atoms with E-state index in [0.717, 1.165) is 24.2 Å². The first kappa shape index (κ1) is 17.7.